The standard InChI is InChI=1S/C19H23N3O3/c1-11-8-14-15(9-13(11)17(23)24)22-16(12-6-4-3-5-7-12)20-10-19(22,2)18(25)21-14/h8-9,12H,3-7,10H2,1-2H3,(H,21,25)(H,23,24). The Morgan fingerprint density at radius 1 is 1.32 bits per heavy atom. The molecule has 1 fully saturated rings. The highest BCUT2D eigenvalue weighted by Crippen LogP contribution is 2.44. The summed E-state index contributed by atoms with van der Waals surface area (Å²) in [5, 5.41) is 12.5. The maximum absolute atomic E-state index is 12.8. The molecule has 0 bridgehead atoms. The van der Waals surface area contributed by atoms with E-state index in [0.29, 0.717) is 23.7 Å². The third-order valence-corrected chi connectivity index (χ3v) is 5.79. The Morgan fingerprint density at radius 2 is 2.04 bits per heavy atom. The molecule has 1 unspecified atom stereocenters. The summed E-state index contributed by atoms with van der Waals surface area (Å²) in [5.41, 5.74) is 1.57. The van der Waals surface area contributed by atoms with Crippen LogP contribution in [0.3, 0.4) is 0 Å². The summed E-state index contributed by atoms with van der Waals surface area (Å²) in [6.07, 6.45) is 5.78. The van der Waals surface area contributed by atoms with E-state index in [9.17, 15) is 14.7 Å². The summed E-state index contributed by atoms with van der Waals surface area (Å²) in [6, 6.07) is 3.45. The van der Waals surface area contributed by atoms with Crippen LogP contribution in [-0.2, 0) is 4.79 Å². The second-order valence-electron chi connectivity index (χ2n) is 7.56. The normalized spacial score (nSPS) is 25.9. The second kappa shape index (κ2) is 5.58. The third kappa shape index (κ3) is 2.34. The molecule has 2 aliphatic heterocycles. The Hall–Kier alpha value is -2.37. The number of aromatic carboxylic acids is 1. The predicted octanol–water partition coefficient (Wildman–Crippen LogP) is 3.20. The molecule has 6 nitrogen and oxygen atoms in total. The fourth-order valence-corrected chi connectivity index (χ4v) is 4.33. The monoisotopic (exact) mass is 341 g/mol. The number of hydrogen-bond donors (Lipinski definition) is 2. The van der Waals surface area contributed by atoms with Gasteiger partial charge in [0.05, 0.1) is 23.5 Å². The highest BCUT2D eigenvalue weighted by atomic mass is 16.4. The molecule has 0 radical (unpaired) electrons. The number of fused-ring (bicyclic) bond motifs is 3. The van der Waals surface area contributed by atoms with Gasteiger partial charge in [-0.05, 0) is 44.4 Å². The zero-order valence-corrected chi connectivity index (χ0v) is 14.6. The quantitative estimate of drug-likeness (QED) is 0.865. The Morgan fingerprint density at radius 3 is 2.72 bits per heavy atom. The molecule has 1 aliphatic carbocycles. The van der Waals surface area contributed by atoms with Gasteiger partial charge in [-0.3, -0.25) is 9.79 Å². The minimum Gasteiger partial charge on any atom is -0.478 e. The number of carboxylic acid groups (broad SMARTS) is 1. The lowest BCUT2D eigenvalue weighted by atomic mass is 9.86. The highest BCUT2D eigenvalue weighted by Gasteiger charge is 2.51. The van der Waals surface area contributed by atoms with Crippen LogP contribution in [0.15, 0.2) is 17.1 Å². The molecule has 1 amide bonds. The predicted molar refractivity (Wildman–Crippen MR) is 96.5 cm³/mol. The molecule has 6 heteroatoms. The van der Waals surface area contributed by atoms with Crippen LogP contribution in [0.4, 0.5) is 11.4 Å². The molecule has 0 spiro atoms. The van der Waals surface area contributed by atoms with Crippen LogP contribution in [-0.4, -0.2) is 34.9 Å². The van der Waals surface area contributed by atoms with Gasteiger partial charge in [0.2, 0.25) is 0 Å². The van der Waals surface area contributed by atoms with Crippen LogP contribution in [0.1, 0.15) is 54.9 Å². The molecule has 3 aliphatic rings. The number of aryl methyl sites for hydroxylation is 1. The van der Waals surface area contributed by atoms with Crippen molar-refractivity contribution >= 4 is 29.1 Å². The summed E-state index contributed by atoms with van der Waals surface area (Å²) < 4.78 is 0. The van der Waals surface area contributed by atoms with Crippen LogP contribution in [0.25, 0.3) is 0 Å². The van der Waals surface area contributed by atoms with Gasteiger partial charge in [0.1, 0.15) is 11.4 Å². The number of carbonyl (C=O) groups excluding carboxylic acids is 1. The first-order valence-corrected chi connectivity index (χ1v) is 8.96. The van der Waals surface area contributed by atoms with Gasteiger partial charge in [0.25, 0.3) is 5.91 Å². The molecule has 1 atom stereocenters. The molecule has 132 valence electrons. The molecule has 1 aromatic rings. The minimum absolute atomic E-state index is 0.0722. The number of amidine groups is 1. The van der Waals surface area contributed by atoms with E-state index >= 15 is 0 Å². The maximum atomic E-state index is 12.8. The average Bonchev–Trinajstić information content (AvgIpc) is 2.95. The zero-order chi connectivity index (χ0) is 17.8. The van der Waals surface area contributed by atoms with Crippen molar-refractivity contribution in [3.8, 4) is 0 Å². The number of rotatable bonds is 2. The van der Waals surface area contributed by atoms with Gasteiger partial charge >= 0.3 is 5.97 Å². The lowest BCUT2D eigenvalue weighted by Gasteiger charge is -2.43. The average molecular weight is 341 g/mol. The SMILES string of the molecule is Cc1cc2c(cc1C(=O)O)N1C(C3CCCCC3)=NCC1(C)C(=O)N2. The summed E-state index contributed by atoms with van der Waals surface area (Å²) in [7, 11) is 0. The minimum atomic E-state index is -0.950. The van der Waals surface area contributed by atoms with Crippen molar-refractivity contribution < 1.29 is 14.7 Å². The summed E-state index contributed by atoms with van der Waals surface area (Å²) in [5.74, 6) is 0.286. The Balaban J connectivity index is 1.84. The molecule has 0 aromatic heterocycles. The lowest BCUT2D eigenvalue weighted by molar-refractivity contribution is -0.120. The van der Waals surface area contributed by atoms with Crippen molar-refractivity contribution in [3.63, 3.8) is 0 Å². The molecule has 1 aromatic carbocycles. The van der Waals surface area contributed by atoms with Gasteiger partial charge in [-0.1, -0.05) is 19.3 Å². The van der Waals surface area contributed by atoms with E-state index in [4.69, 9.17) is 4.99 Å². The van der Waals surface area contributed by atoms with Crippen LogP contribution in [0, 0.1) is 12.8 Å². The first kappa shape index (κ1) is 16.1. The number of nitrogens with one attached hydrogen (secondary N) is 1. The zero-order valence-electron chi connectivity index (χ0n) is 14.6. The van der Waals surface area contributed by atoms with Crippen molar-refractivity contribution in [2.45, 2.75) is 51.5 Å². The largest absolute Gasteiger partial charge is 0.478 e. The van der Waals surface area contributed by atoms with Crippen molar-refractivity contribution in [2.75, 3.05) is 16.8 Å². The van der Waals surface area contributed by atoms with Gasteiger partial charge in [0, 0.05) is 5.92 Å². The van der Waals surface area contributed by atoms with Gasteiger partial charge < -0.3 is 15.3 Å². The topological polar surface area (TPSA) is 82.0 Å². The van der Waals surface area contributed by atoms with Crippen LogP contribution < -0.4 is 10.2 Å². The van der Waals surface area contributed by atoms with E-state index in [1.54, 1.807) is 19.1 Å². The van der Waals surface area contributed by atoms with E-state index in [-0.39, 0.29) is 11.5 Å². The first-order chi connectivity index (χ1) is 11.9. The van der Waals surface area contributed by atoms with Crippen molar-refractivity contribution in [2.24, 2.45) is 10.9 Å². The summed E-state index contributed by atoms with van der Waals surface area (Å²) in [4.78, 5) is 31.1. The summed E-state index contributed by atoms with van der Waals surface area (Å²) >= 11 is 0. The van der Waals surface area contributed by atoms with E-state index in [2.05, 4.69) is 5.32 Å². The fourth-order valence-electron chi connectivity index (χ4n) is 4.33. The number of benzene rings is 1. The van der Waals surface area contributed by atoms with Crippen LogP contribution >= 0.6 is 0 Å². The molecule has 25 heavy (non-hydrogen) atoms. The van der Waals surface area contributed by atoms with Crippen LogP contribution in [0.5, 0.6) is 0 Å². The Bertz CT molecular complexity index is 795. The van der Waals surface area contributed by atoms with E-state index in [1.165, 1.54) is 19.3 Å². The third-order valence-electron chi connectivity index (χ3n) is 5.79. The number of carbonyl (C=O) groups is 2. The number of amides is 1. The highest BCUT2D eigenvalue weighted by molar-refractivity contribution is 6.18. The number of hydrogen-bond acceptors (Lipinski definition) is 4. The number of anilines is 2. The lowest BCUT2D eigenvalue weighted by Crippen LogP contribution is -2.59. The van der Waals surface area contributed by atoms with Gasteiger partial charge in [-0.25, -0.2) is 4.79 Å². The molecule has 1 saturated carbocycles. The molecule has 2 N–H and O–H groups in total. The Labute approximate surface area is 146 Å². The van der Waals surface area contributed by atoms with E-state index in [0.717, 1.165) is 24.4 Å². The van der Waals surface area contributed by atoms with Crippen molar-refractivity contribution in [1.82, 2.24) is 0 Å². The van der Waals surface area contributed by atoms with Crippen molar-refractivity contribution in [3.05, 3.63) is 23.3 Å². The molecule has 2 heterocycles. The van der Waals surface area contributed by atoms with Gasteiger partial charge in [0.15, 0.2) is 0 Å². The first-order valence-electron chi connectivity index (χ1n) is 8.96. The number of aliphatic imine (C=N–C) groups is 1. The Kier molecular flexibility index (Phi) is 3.60. The van der Waals surface area contributed by atoms with E-state index < -0.39 is 11.5 Å². The molecular weight excluding hydrogens is 318 g/mol. The number of carboxylic acids is 1. The molecule has 4 rings (SSSR count). The van der Waals surface area contributed by atoms with E-state index in [1.807, 2.05) is 11.8 Å². The fraction of sp³-hybridized carbons (Fsp3) is 0.526. The summed E-state index contributed by atoms with van der Waals surface area (Å²) in [6.45, 7) is 4.06. The smallest absolute Gasteiger partial charge is 0.336 e. The van der Waals surface area contributed by atoms with Gasteiger partial charge in [-0.2, -0.15) is 0 Å². The van der Waals surface area contributed by atoms with Gasteiger partial charge in [-0.15, -0.1) is 0 Å². The van der Waals surface area contributed by atoms with Crippen molar-refractivity contribution in [1.29, 1.82) is 0 Å². The second-order valence-corrected chi connectivity index (χ2v) is 7.56. The van der Waals surface area contributed by atoms with Crippen LogP contribution in [0.2, 0.25) is 0 Å². The number of nitrogens with zero attached hydrogens (tertiary/aromatic N) is 2. The molecular formula is C19H23N3O3. The molecule has 0 saturated heterocycles. The maximum Gasteiger partial charge on any atom is 0.336 e.